The highest BCUT2D eigenvalue weighted by atomic mass is 31.2. The van der Waals surface area contributed by atoms with Crippen LogP contribution in [0.15, 0.2) is 0 Å². The van der Waals surface area contributed by atoms with Gasteiger partial charge >= 0.3 is 19.8 Å². The molecule has 0 radical (unpaired) electrons. The Morgan fingerprint density at radius 2 is 0.833 bits per heavy atom. The Balaban J connectivity index is 1.89. The fourth-order valence-corrected chi connectivity index (χ4v) is 10.4. The fourth-order valence-electron chi connectivity index (χ4n) is 9.41. The number of aliphatic hydroxyl groups is 8. The third kappa shape index (κ3) is 28.7. The van der Waals surface area contributed by atoms with Crippen molar-refractivity contribution in [1.29, 1.82) is 0 Å². The molecule has 1 aliphatic carbocycles. The maximum atomic E-state index is 13.4. The van der Waals surface area contributed by atoms with Gasteiger partial charge in [-0.25, -0.2) is 4.57 Å². The van der Waals surface area contributed by atoms with Crippen molar-refractivity contribution in [2.75, 3.05) is 19.8 Å². The monoisotopic (exact) mass is 1060 g/mol. The van der Waals surface area contributed by atoms with Gasteiger partial charge in [0.2, 0.25) is 0 Å². The second-order valence-electron chi connectivity index (χ2n) is 20.5. The van der Waals surface area contributed by atoms with Gasteiger partial charge < -0.3 is 64.7 Å². The van der Waals surface area contributed by atoms with Gasteiger partial charge in [-0.1, -0.05) is 206 Å². The van der Waals surface area contributed by atoms with E-state index in [1.807, 2.05) is 0 Å². The average Bonchev–Trinajstić information content (AvgIpc) is 3.36. The van der Waals surface area contributed by atoms with E-state index in [1.165, 1.54) is 141 Å². The van der Waals surface area contributed by atoms with Crippen molar-refractivity contribution in [1.82, 2.24) is 0 Å². The molecule has 2 rings (SSSR count). The van der Waals surface area contributed by atoms with Crippen LogP contribution < -0.4 is 0 Å². The molecule has 2 fully saturated rings. The number of hydrogen-bond acceptors (Lipinski definition) is 17. The van der Waals surface area contributed by atoms with Gasteiger partial charge in [-0.3, -0.25) is 18.6 Å². The van der Waals surface area contributed by atoms with Crippen LogP contribution in [0.3, 0.4) is 0 Å². The summed E-state index contributed by atoms with van der Waals surface area (Å²) in [4.78, 5) is 36.7. The molecule has 13 atom stereocenters. The third-order valence-corrected chi connectivity index (χ3v) is 15.0. The lowest BCUT2D eigenvalue weighted by atomic mass is 9.84. The van der Waals surface area contributed by atoms with Crippen LogP contribution in [-0.4, -0.2) is 151 Å². The fraction of sp³-hybridized carbons (Fsp3) is 0.962. The lowest BCUT2D eigenvalue weighted by Gasteiger charge is -2.47. The first-order chi connectivity index (χ1) is 34.7. The highest BCUT2D eigenvalue weighted by Crippen LogP contribution is 2.48. The number of esters is 2. The highest BCUT2D eigenvalue weighted by molar-refractivity contribution is 7.47. The van der Waals surface area contributed by atoms with Crippen molar-refractivity contribution < 1.29 is 87.9 Å². The second-order valence-corrected chi connectivity index (χ2v) is 21.9. The number of unbranched alkanes of at least 4 members (excludes halogenated alkanes) is 30. The van der Waals surface area contributed by atoms with E-state index >= 15 is 0 Å². The SMILES string of the molecule is CCCCCCCCCCCCCCCCCCCC(=O)OC(COC(=O)CCCCCCCCCCCCCCCCC)COP(=O)(O)OC1C(O)C(O)C(O)C(O)C1OC1OC(CO)C(O)C(O)C1O. The molecule has 1 heterocycles. The zero-order valence-electron chi connectivity index (χ0n) is 44.2. The highest BCUT2D eigenvalue weighted by Gasteiger charge is 2.55. The summed E-state index contributed by atoms with van der Waals surface area (Å²) < 4.78 is 45.6. The van der Waals surface area contributed by atoms with E-state index in [4.69, 9.17) is 28.0 Å². The first kappa shape index (κ1) is 66.8. The molecular weight excluding hydrogens is 956 g/mol. The molecule has 72 heavy (non-hydrogen) atoms. The molecule has 1 aliphatic heterocycles. The number of hydrogen-bond donors (Lipinski definition) is 9. The molecule has 0 aromatic rings. The zero-order valence-corrected chi connectivity index (χ0v) is 45.1. The van der Waals surface area contributed by atoms with Crippen LogP contribution in [0.2, 0.25) is 0 Å². The molecular formula is C53H101O18P. The molecule has 9 N–H and O–H groups in total. The number of phosphoric acid groups is 1. The van der Waals surface area contributed by atoms with Crippen molar-refractivity contribution in [3.8, 4) is 0 Å². The van der Waals surface area contributed by atoms with Gasteiger partial charge in [0, 0.05) is 12.8 Å². The van der Waals surface area contributed by atoms with Gasteiger partial charge in [0.25, 0.3) is 0 Å². The smallest absolute Gasteiger partial charge is 0.462 e. The molecule has 19 heteroatoms. The molecule has 0 bridgehead atoms. The van der Waals surface area contributed by atoms with E-state index < -0.39 is 113 Å². The van der Waals surface area contributed by atoms with E-state index in [2.05, 4.69) is 13.8 Å². The Kier molecular flexibility index (Phi) is 37.9. The van der Waals surface area contributed by atoms with Crippen molar-refractivity contribution in [2.45, 2.75) is 306 Å². The van der Waals surface area contributed by atoms with Gasteiger partial charge in [0.15, 0.2) is 12.4 Å². The quantitative estimate of drug-likeness (QED) is 0.0159. The maximum Gasteiger partial charge on any atom is 0.472 e. The van der Waals surface area contributed by atoms with E-state index in [1.54, 1.807) is 0 Å². The van der Waals surface area contributed by atoms with Crippen LogP contribution in [0.25, 0.3) is 0 Å². The summed E-state index contributed by atoms with van der Waals surface area (Å²) in [5.41, 5.74) is 0. The normalized spacial score (nSPS) is 26.8. The van der Waals surface area contributed by atoms with Crippen molar-refractivity contribution in [2.24, 2.45) is 0 Å². The van der Waals surface area contributed by atoms with Crippen LogP contribution in [-0.2, 0) is 42.1 Å². The first-order valence-corrected chi connectivity index (χ1v) is 29.9. The Morgan fingerprint density at radius 1 is 0.472 bits per heavy atom. The van der Waals surface area contributed by atoms with E-state index in [9.17, 15) is 59.9 Å². The van der Waals surface area contributed by atoms with Crippen LogP contribution in [0.4, 0.5) is 0 Å². The lowest BCUT2D eigenvalue weighted by molar-refractivity contribution is -0.338. The van der Waals surface area contributed by atoms with Gasteiger partial charge in [-0.15, -0.1) is 0 Å². The Bertz CT molecular complexity index is 1390. The lowest BCUT2D eigenvalue weighted by Crippen LogP contribution is -2.67. The zero-order chi connectivity index (χ0) is 53.0. The molecule has 1 saturated carbocycles. The number of carbonyl (C=O) groups is 2. The summed E-state index contributed by atoms with van der Waals surface area (Å²) >= 11 is 0. The second kappa shape index (κ2) is 40.8. The van der Waals surface area contributed by atoms with Crippen LogP contribution in [0, 0.1) is 0 Å². The third-order valence-electron chi connectivity index (χ3n) is 14.1. The van der Waals surface area contributed by atoms with Crippen LogP contribution >= 0.6 is 7.82 Å². The average molecular weight is 1060 g/mol. The predicted octanol–water partition coefficient (Wildman–Crippen LogP) is 7.89. The molecule has 0 aromatic heterocycles. The Morgan fingerprint density at radius 3 is 1.24 bits per heavy atom. The summed E-state index contributed by atoms with van der Waals surface area (Å²) in [6.07, 6.45) is 14.5. The predicted molar refractivity (Wildman–Crippen MR) is 272 cm³/mol. The first-order valence-electron chi connectivity index (χ1n) is 28.4. The van der Waals surface area contributed by atoms with Crippen molar-refractivity contribution >= 4 is 19.8 Å². The molecule has 2 aliphatic rings. The van der Waals surface area contributed by atoms with Gasteiger partial charge in [-0.05, 0) is 12.8 Å². The summed E-state index contributed by atoms with van der Waals surface area (Å²) in [5.74, 6) is -1.20. The van der Waals surface area contributed by atoms with E-state index in [0.717, 1.165) is 51.4 Å². The molecule has 0 amide bonds. The topological polar surface area (TPSA) is 289 Å². The number of phosphoric ester groups is 1. The van der Waals surface area contributed by atoms with E-state index in [0.29, 0.717) is 12.8 Å². The van der Waals surface area contributed by atoms with Crippen LogP contribution in [0.5, 0.6) is 0 Å². The molecule has 426 valence electrons. The Labute approximate surface area is 431 Å². The molecule has 0 aromatic carbocycles. The summed E-state index contributed by atoms with van der Waals surface area (Å²) in [7, 11) is -5.37. The Hall–Kier alpha value is -1.35. The van der Waals surface area contributed by atoms with E-state index in [-0.39, 0.29) is 12.8 Å². The standard InChI is InChI=1S/C53H101O18P/c1-3-5-7-9-11-13-15-17-19-20-22-24-26-28-30-32-34-36-43(56)68-40(38-66-42(55)35-33-31-29-27-25-23-21-18-16-14-12-10-8-6-4-2)39-67-72(64,65)71-52-49(62)47(60)46(59)48(61)51(52)70-53-50(63)45(58)44(57)41(37-54)69-53/h40-41,44-54,57-63H,3-39H2,1-2H3,(H,64,65). The van der Waals surface area contributed by atoms with Crippen molar-refractivity contribution in [3.63, 3.8) is 0 Å². The van der Waals surface area contributed by atoms with Gasteiger partial charge in [0.1, 0.15) is 67.6 Å². The number of ether oxygens (including phenoxy) is 4. The number of rotatable bonds is 45. The van der Waals surface area contributed by atoms with Crippen LogP contribution in [0.1, 0.15) is 232 Å². The number of carbonyl (C=O) groups excluding carboxylic acids is 2. The summed E-state index contributed by atoms with van der Waals surface area (Å²) in [5, 5.41) is 83.1. The summed E-state index contributed by atoms with van der Waals surface area (Å²) in [6.45, 7) is 2.28. The molecule has 0 spiro atoms. The molecule has 1 saturated heterocycles. The number of aliphatic hydroxyl groups excluding tert-OH is 8. The maximum absolute atomic E-state index is 13.4. The minimum absolute atomic E-state index is 0.0405. The molecule has 18 nitrogen and oxygen atoms in total. The minimum atomic E-state index is -5.37. The van der Waals surface area contributed by atoms with Gasteiger partial charge in [0.05, 0.1) is 13.2 Å². The van der Waals surface area contributed by atoms with Gasteiger partial charge in [-0.2, -0.15) is 0 Å². The minimum Gasteiger partial charge on any atom is -0.462 e. The van der Waals surface area contributed by atoms with Crippen molar-refractivity contribution in [3.05, 3.63) is 0 Å². The summed E-state index contributed by atoms with van der Waals surface area (Å²) in [6, 6.07) is 0. The largest absolute Gasteiger partial charge is 0.472 e. The molecule has 13 unspecified atom stereocenters.